The summed E-state index contributed by atoms with van der Waals surface area (Å²) in [7, 11) is 1.59. The lowest BCUT2D eigenvalue weighted by Crippen LogP contribution is -2.18. The predicted molar refractivity (Wildman–Crippen MR) is 68.3 cm³/mol. The summed E-state index contributed by atoms with van der Waals surface area (Å²) in [6.07, 6.45) is 5.18. The van der Waals surface area contributed by atoms with Crippen molar-refractivity contribution in [3.8, 4) is 18.1 Å². The zero-order chi connectivity index (χ0) is 12.7. The van der Waals surface area contributed by atoms with Gasteiger partial charge in [0.05, 0.1) is 18.8 Å². The minimum atomic E-state index is -0.144. The molecule has 4 heteroatoms. The third kappa shape index (κ3) is 3.42. The Bertz CT molecular complexity index is 436. The van der Waals surface area contributed by atoms with Crippen LogP contribution < -0.4 is 15.4 Å². The van der Waals surface area contributed by atoms with Gasteiger partial charge in [0.25, 0.3) is 5.91 Å². The van der Waals surface area contributed by atoms with Gasteiger partial charge in [-0.2, -0.15) is 0 Å². The zero-order valence-electron chi connectivity index (χ0n) is 10.0. The summed E-state index contributed by atoms with van der Waals surface area (Å²) in [5.74, 6) is 2.97. The molecule has 1 amide bonds. The molecule has 0 spiro atoms. The Morgan fingerprint density at radius 2 is 2.29 bits per heavy atom. The summed E-state index contributed by atoms with van der Waals surface area (Å²) < 4.78 is 5.46. The first-order valence-electron chi connectivity index (χ1n) is 5.39. The Balaban J connectivity index is 2.99. The second-order valence-corrected chi connectivity index (χ2v) is 3.28. The smallest absolute Gasteiger partial charge is 0.251 e. The van der Waals surface area contributed by atoms with Crippen LogP contribution in [0.3, 0.4) is 0 Å². The second kappa shape index (κ2) is 6.44. The van der Waals surface area contributed by atoms with E-state index in [1.165, 1.54) is 0 Å². The van der Waals surface area contributed by atoms with Crippen molar-refractivity contribution in [3.05, 3.63) is 23.8 Å². The SMILES string of the molecule is C#CCNc1ccc(C(=O)NC)cc1OCC. The zero-order valence-corrected chi connectivity index (χ0v) is 10.0. The van der Waals surface area contributed by atoms with Gasteiger partial charge >= 0.3 is 0 Å². The molecule has 0 aromatic heterocycles. The van der Waals surface area contributed by atoms with E-state index in [4.69, 9.17) is 11.2 Å². The summed E-state index contributed by atoms with van der Waals surface area (Å²) in [5.41, 5.74) is 1.35. The van der Waals surface area contributed by atoms with Crippen molar-refractivity contribution < 1.29 is 9.53 Å². The van der Waals surface area contributed by atoms with E-state index in [-0.39, 0.29) is 5.91 Å². The molecule has 1 rings (SSSR count). The minimum Gasteiger partial charge on any atom is -0.492 e. The fourth-order valence-corrected chi connectivity index (χ4v) is 1.38. The number of carbonyl (C=O) groups excluding carboxylic acids is 1. The van der Waals surface area contributed by atoms with Crippen molar-refractivity contribution >= 4 is 11.6 Å². The Morgan fingerprint density at radius 1 is 1.53 bits per heavy atom. The molecule has 90 valence electrons. The van der Waals surface area contributed by atoms with E-state index in [0.29, 0.717) is 24.5 Å². The molecule has 0 atom stereocenters. The van der Waals surface area contributed by atoms with Crippen LogP contribution in [0.2, 0.25) is 0 Å². The second-order valence-electron chi connectivity index (χ2n) is 3.28. The third-order valence-corrected chi connectivity index (χ3v) is 2.15. The van der Waals surface area contributed by atoms with Crippen LogP contribution >= 0.6 is 0 Å². The average Bonchev–Trinajstić information content (AvgIpc) is 2.36. The van der Waals surface area contributed by atoms with Gasteiger partial charge in [0, 0.05) is 12.6 Å². The van der Waals surface area contributed by atoms with Crippen molar-refractivity contribution in [2.45, 2.75) is 6.92 Å². The summed E-state index contributed by atoms with van der Waals surface area (Å²) in [6, 6.07) is 5.20. The van der Waals surface area contributed by atoms with E-state index < -0.39 is 0 Å². The largest absolute Gasteiger partial charge is 0.492 e. The summed E-state index contributed by atoms with van der Waals surface area (Å²) >= 11 is 0. The molecule has 4 nitrogen and oxygen atoms in total. The number of amides is 1. The first kappa shape index (κ1) is 12.9. The molecular formula is C13H16N2O2. The highest BCUT2D eigenvalue weighted by molar-refractivity contribution is 5.95. The average molecular weight is 232 g/mol. The van der Waals surface area contributed by atoms with E-state index in [1.54, 1.807) is 25.2 Å². The van der Waals surface area contributed by atoms with Gasteiger partial charge in [-0.15, -0.1) is 6.42 Å². The number of hydrogen-bond donors (Lipinski definition) is 2. The third-order valence-electron chi connectivity index (χ3n) is 2.15. The van der Waals surface area contributed by atoms with Crippen molar-refractivity contribution in [1.29, 1.82) is 0 Å². The van der Waals surface area contributed by atoms with Crippen LogP contribution in [0.25, 0.3) is 0 Å². The molecule has 0 radical (unpaired) electrons. The Labute approximate surface area is 101 Å². The molecule has 0 aliphatic rings. The quantitative estimate of drug-likeness (QED) is 0.756. The van der Waals surface area contributed by atoms with E-state index in [1.807, 2.05) is 6.92 Å². The number of hydrogen-bond acceptors (Lipinski definition) is 3. The molecular weight excluding hydrogens is 216 g/mol. The molecule has 0 bridgehead atoms. The van der Waals surface area contributed by atoms with E-state index >= 15 is 0 Å². The number of ether oxygens (including phenoxy) is 1. The van der Waals surface area contributed by atoms with E-state index in [0.717, 1.165) is 5.69 Å². The molecule has 0 aliphatic heterocycles. The van der Waals surface area contributed by atoms with Crippen LogP contribution in [0.5, 0.6) is 5.75 Å². The maximum Gasteiger partial charge on any atom is 0.251 e. The molecule has 17 heavy (non-hydrogen) atoms. The lowest BCUT2D eigenvalue weighted by Gasteiger charge is -2.12. The first-order valence-corrected chi connectivity index (χ1v) is 5.39. The fraction of sp³-hybridized carbons (Fsp3) is 0.308. The Hall–Kier alpha value is -2.15. The number of terminal acetylenes is 1. The highest BCUT2D eigenvalue weighted by atomic mass is 16.5. The number of rotatable bonds is 5. The van der Waals surface area contributed by atoms with Crippen LogP contribution in [0.4, 0.5) is 5.69 Å². The molecule has 1 aromatic rings. The molecule has 0 saturated carbocycles. The van der Waals surface area contributed by atoms with Crippen LogP contribution in [0, 0.1) is 12.3 Å². The normalized spacial score (nSPS) is 9.24. The molecule has 0 saturated heterocycles. The van der Waals surface area contributed by atoms with Gasteiger partial charge < -0.3 is 15.4 Å². The van der Waals surface area contributed by atoms with Gasteiger partial charge in [0.15, 0.2) is 0 Å². The highest BCUT2D eigenvalue weighted by Crippen LogP contribution is 2.25. The maximum atomic E-state index is 11.5. The lowest BCUT2D eigenvalue weighted by atomic mass is 10.1. The van der Waals surface area contributed by atoms with Crippen molar-refractivity contribution in [2.75, 3.05) is 25.5 Å². The number of nitrogens with one attached hydrogen (secondary N) is 2. The summed E-state index contributed by atoms with van der Waals surface area (Å²) in [5, 5.41) is 5.61. The lowest BCUT2D eigenvalue weighted by molar-refractivity contribution is 0.0962. The molecule has 0 aliphatic carbocycles. The van der Waals surface area contributed by atoms with E-state index in [2.05, 4.69) is 16.6 Å². The monoisotopic (exact) mass is 232 g/mol. The highest BCUT2D eigenvalue weighted by Gasteiger charge is 2.08. The van der Waals surface area contributed by atoms with Crippen LogP contribution in [0.1, 0.15) is 17.3 Å². The first-order chi connectivity index (χ1) is 8.22. The van der Waals surface area contributed by atoms with Gasteiger partial charge in [-0.3, -0.25) is 4.79 Å². The van der Waals surface area contributed by atoms with Crippen molar-refractivity contribution in [2.24, 2.45) is 0 Å². The topological polar surface area (TPSA) is 50.4 Å². The van der Waals surface area contributed by atoms with Crippen LogP contribution in [0.15, 0.2) is 18.2 Å². The Morgan fingerprint density at radius 3 is 2.88 bits per heavy atom. The van der Waals surface area contributed by atoms with Gasteiger partial charge in [0.2, 0.25) is 0 Å². The van der Waals surface area contributed by atoms with Crippen LogP contribution in [-0.2, 0) is 0 Å². The van der Waals surface area contributed by atoms with E-state index in [9.17, 15) is 4.79 Å². The standard InChI is InChI=1S/C13H16N2O2/c1-4-8-15-11-7-6-10(13(16)14-3)9-12(11)17-5-2/h1,6-7,9,15H,5,8H2,2-3H3,(H,14,16). The van der Waals surface area contributed by atoms with Crippen LogP contribution in [-0.4, -0.2) is 26.1 Å². The molecule has 2 N–H and O–H groups in total. The predicted octanol–water partition coefficient (Wildman–Crippen LogP) is 1.49. The van der Waals surface area contributed by atoms with Gasteiger partial charge in [-0.25, -0.2) is 0 Å². The fourth-order valence-electron chi connectivity index (χ4n) is 1.38. The number of benzene rings is 1. The molecule has 0 fully saturated rings. The summed E-state index contributed by atoms with van der Waals surface area (Å²) in [4.78, 5) is 11.5. The van der Waals surface area contributed by atoms with Crippen molar-refractivity contribution in [3.63, 3.8) is 0 Å². The Kier molecular flexibility index (Phi) is 4.89. The molecule has 0 unspecified atom stereocenters. The molecule has 1 aromatic carbocycles. The molecule has 0 heterocycles. The number of carbonyl (C=O) groups is 1. The van der Waals surface area contributed by atoms with Crippen molar-refractivity contribution in [1.82, 2.24) is 5.32 Å². The maximum absolute atomic E-state index is 11.5. The van der Waals surface area contributed by atoms with Gasteiger partial charge in [-0.05, 0) is 25.1 Å². The number of anilines is 1. The van der Waals surface area contributed by atoms with Gasteiger partial charge in [-0.1, -0.05) is 5.92 Å². The summed E-state index contributed by atoms with van der Waals surface area (Å²) in [6.45, 7) is 2.83. The minimum absolute atomic E-state index is 0.144. The van der Waals surface area contributed by atoms with Gasteiger partial charge in [0.1, 0.15) is 5.75 Å².